The van der Waals surface area contributed by atoms with Gasteiger partial charge in [0.2, 0.25) is 0 Å². The van der Waals surface area contributed by atoms with Gasteiger partial charge in [0.15, 0.2) is 0 Å². The normalized spacial score (nSPS) is 12.9. The van der Waals surface area contributed by atoms with Crippen molar-refractivity contribution in [2.75, 3.05) is 22.9 Å². The van der Waals surface area contributed by atoms with Crippen LogP contribution in [0.15, 0.2) is 121 Å². The smallest absolute Gasteiger partial charge is 0.0411 e. The molecule has 198 valence electrons. The molecule has 2 unspecified atom stereocenters. The average Bonchev–Trinajstić information content (AvgIpc) is 2.96. The van der Waals surface area contributed by atoms with Crippen molar-refractivity contribution in [2.45, 2.75) is 38.2 Å². The van der Waals surface area contributed by atoms with Gasteiger partial charge in [-0.05, 0) is 60.4 Å². The SMILES string of the molecule is CC(C)C(CN(c1ccccc1)c1ccccc1)SSC(CN(c1ccccc1)c1ccccc1)C(C)C. The highest BCUT2D eigenvalue weighted by atomic mass is 33.1. The molecule has 0 aliphatic carbocycles. The molecule has 0 heterocycles. The van der Waals surface area contributed by atoms with E-state index in [9.17, 15) is 0 Å². The minimum absolute atomic E-state index is 0.476. The van der Waals surface area contributed by atoms with Crippen LogP contribution in [0.5, 0.6) is 0 Å². The van der Waals surface area contributed by atoms with Gasteiger partial charge in [-0.25, -0.2) is 0 Å². The summed E-state index contributed by atoms with van der Waals surface area (Å²) >= 11 is 0. The maximum Gasteiger partial charge on any atom is 0.0411 e. The summed E-state index contributed by atoms with van der Waals surface area (Å²) in [6.45, 7) is 11.4. The highest BCUT2D eigenvalue weighted by Crippen LogP contribution is 2.41. The van der Waals surface area contributed by atoms with Gasteiger partial charge in [0.1, 0.15) is 0 Å². The first-order chi connectivity index (χ1) is 18.5. The summed E-state index contributed by atoms with van der Waals surface area (Å²) < 4.78 is 0. The Labute approximate surface area is 237 Å². The molecular formula is C34H40N2S2. The predicted octanol–water partition coefficient (Wildman–Crippen LogP) is 10.1. The molecule has 0 spiro atoms. The highest BCUT2D eigenvalue weighted by molar-refractivity contribution is 8.77. The lowest BCUT2D eigenvalue weighted by atomic mass is 10.1. The number of benzene rings is 4. The van der Waals surface area contributed by atoms with Crippen LogP contribution in [-0.2, 0) is 0 Å². The third-order valence-corrected chi connectivity index (χ3v) is 10.6. The van der Waals surface area contributed by atoms with Crippen molar-refractivity contribution in [2.24, 2.45) is 11.8 Å². The monoisotopic (exact) mass is 540 g/mol. The van der Waals surface area contributed by atoms with Gasteiger partial charge in [0, 0.05) is 46.3 Å². The van der Waals surface area contributed by atoms with Crippen LogP contribution in [0.4, 0.5) is 22.7 Å². The molecule has 4 aromatic rings. The topological polar surface area (TPSA) is 6.48 Å². The maximum atomic E-state index is 2.48. The first kappa shape index (κ1) is 28.2. The lowest BCUT2D eigenvalue weighted by molar-refractivity contribution is 0.606. The fourth-order valence-electron chi connectivity index (χ4n) is 4.36. The molecule has 0 aliphatic rings. The largest absolute Gasteiger partial charge is 0.340 e. The molecule has 2 nitrogen and oxygen atoms in total. The minimum Gasteiger partial charge on any atom is -0.340 e. The number of hydrogen-bond donors (Lipinski definition) is 0. The van der Waals surface area contributed by atoms with Gasteiger partial charge in [-0.3, -0.25) is 0 Å². The molecule has 4 aromatic carbocycles. The Morgan fingerprint density at radius 2 is 0.658 bits per heavy atom. The molecule has 2 atom stereocenters. The van der Waals surface area contributed by atoms with Crippen LogP contribution in [0.25, 0.3) is 0 Å². The summed E-state index contributed by atoms with van der Waals surface area (Å²) in [5.74, 6) is 1.10. The lowest BCUT2D eigenvalue weighted by Crippen LogP contribution is -2.32. The van der Waals surface area contributed by atoms with Gasteiger partial charge in [0.05, 0.1) is 0 Å². The molecule has 4 heteroatoms. The Balaban J connectivity index is 1.53. The van der Waals surface area contributed by atoms with Crippen LogP contribution in [0.1, 0.15) is 27.7 Å². The summed E-state index contributed by atoms with van der Waals surface area (Å²) in [4.78, 5) is 4.95. The Bertz CT molecular complexity index is 1010. The van der Waals surface area contributed by atoms with Crippen molar-refractivity contribution in [1.29, 1.82) is 0 Å². The van der Waals surface area contributed by atoms with E-state index in [-0.39, 0.29) is 0 Å². The summed E-state index contributed by atoms with van der Waals surface area (Å²) in [6, 6.07) is 43.2. The number of anilines is 4. The fourth-order valence-corrected chi connectivity index (χ4v) is 8.06. The number of nitrogens with zero attached hydrogens (tertiary/aromatic N) is 2. The summed E-state index contributed by atoms with van der Waals surface area (Å²) in [5, 5.41) is 0.951. The quantitative estimate of drug-likeness (QED) is 0.156. The number of rotatable bonds is 13. The molecule has 0 N–H and O–H groups in total. The van der Waals surface area contributed by atoms with E-state index >= 15 is 0 Å². The first-order valence-electron chi connectivity index (χ1n) is 13.6. The second kappa shape index (κ2) is 14.4. The summed E-state index contributed by atoms with van der Waals surface area (Å²) in [5.41, 5.74) is 4.98. The minimum atomic E-state index is 0.476. The van der Waals surface area contributed by atoms with Crippen LogP contribution < -0.4 is 9.80 Å². The second-order valence-corrected chi connectivity index (χ2v) is 13.1. The standard InChI is InChI=1S/C34H40N2S2/c1-27(2)33(25-35(29-17-9-5-10-18-29)30-19-11-6-12-20-30)37-38-34(28(3)4)26-36(31-21-13-7-14-22-31)32-23-15-8-16-24-32/h5-24,27-28,33-34H,25-26H2,1-4H3. The zero-order chi connectivity index (χ0) is 26.7. The van der Waals surface area contributed by atoms with Gasteiger partial charge in [0.25, 0.3) is 0 Å². The molecule has 0 saturated carbocycles. The molecule has 0 amide bonds. The van der Waals surface area contributed by atoms with Crippen LogP contribution in [0.3, 0.4) is 0 Å². The zero-order valence-electron chi connectivity index (χ0n) is 23.0. The van der Waals surface area contributed by atoms with Crippen molar-refractivity contribution in [3.05, 3.63) is 121 Å². The third kappa shape index (κ3) is 7.85. The van der Waals surface area contributed by atoms with Gasteiger partial charge in [-0.1, -0.05) is 122 Å². The van der Waals surface area contributed by atoms with Crippen molar-refractivity contribution in [3.63, 3.8) is 0 Å². The first-order valence-corrected chi connectivity index (χ1v) is 15.9. The number of para-hydroxylation sites is 4. The predicted molar refractivity (Wildman–Crippen MR) is 172 cm³/mol. The van der Waals surface area contributed by atoms with Crippen molar-refractivity contribution in [1.82, 2.24) is 0 Å². The molecule has 0 aromatic heterocycles. The average molecular weight is 541 g/mol. The van der Waals surface area contributed by atoms with Crippen molar-refractivity contribution < 1.29 is 0 Å². The molecular weight excluding hydrogens is 501 g/mol. The Morgan fingerprint density at radius 3 is 0.868 bits per heavy atom. The molecule has 38 heavy (non-hydrogen) atoms. The van der Waals surface area contributed by atoms with Gasteiger partial charge < -0.3 is 9.80 Å². The fraction of sp³-hybridized carbons (Fsp3) is 0.294. The van der Waals surface area contributed by atoms with E-state index < -0.39 is 0 Å². The van der Waals surface area contributed by atoms with E-state index in [1.807, 2.05) is 0 Å². The van der Waals surface area contributed by atoms with E-state index in [1.165, 1.54) is 22.7 Å². The maximum absolute atomic E-state index is 2.48. The van der Waals surface area contributed by atoms with Gasteiger partial charge >= 0.3 is 0 Å². The molecule has 0 radical (unpaired) electrons. The molecule has 0 aliphatic heterocycles. The molecule has 0 saturated heterocycles. The van der Waals surface area contributed by atoms with Gasteiger partial charge in [-0.15, -0.1) is 0 Å². The van der Waals surface area contributed by atoms with Crippen LogP contribution in [0.2, 0.25) is 0 Å². The van der Waals surface area contributed by atoms with E-state index in [1.54, 1.807) is 0 Å². The summed E-state index contributed by atoms with van der Waals surface area (Å²) in [7, 11) is 4.13. The zero-order valence-corrected chi connectivity index (χ0v) is 24.6. The van der Waals surface area contributed by atoms with Crippen LogP contribution >= 0.6 is 21.6 Å². The van der Waals surface area contributed by atoms with E-state index in [4.69, 9.17) is 0 Å². The van der Waals surface area contributed by atoms with Crippen LogP contribution in [0, 0.1) is 11.8 Å². The van der Waals surface area contributed by atoms with Crippen LogP contribution in [-0.4, -0.2) is 23.6 Å². The Hall–Kier alpha value is -2.82. The Morgan fingerprint density at radius 1 is 0.421 bits per heavy atom. The molecule has 4 rings (SSSR count). The third-order valence-electron chi connectivity index (χ3n) is 6.79. The van der Waals surface area contributed by atoms with Crippen molar-refractivity contribution >= 4 is 44.3 Å². The molecule has 0 fully saturated rings. The lowest BCUT2D eigenvalue weighted by Gasteiger charge is -2.34. The van der Waals surface area contributed by atoms with Gasteiger partial charge in [-0.2, -0.15) is 0 Å². The van der Waals surface area contributed by atoms with Crippen molar-refractivity contribution in [3.8, 4) is 0 Å². The van der Waals surface area contributed by atoms with E-state index in [0.29, 0.717) is 22.3 Å². The van der Waals surface area contributed by atoms with E-state index in [0.717, 1.165) is 13.1 Å². The second-order valence-electron chi connectivity index (χ2n) is 10.3. The number of hydrogen-bond acceptors (Lipinski definition) is 4. The van der Waals surface area contributed by atoms with E-state index in [2.05, 4.69) is 180 Å². The Kier molecular flexibility index (Phi) is 10.7. The summed E-state index contributed by atoms with van der Waals surface area (Å²) in [6.07, 6.45) is 0. The highest BCUT2D eigenvalue weighted by Gasteiger charge is 2.25. The molecule has 0 bridgehead atoms.